The lowest BCUT2D eigenvalue weighted by Gasteiger charge is -1.88. The SMILES string of the molecule is OCCC#Cc1ccc(Br)nc1. The number of hydrogen-bond donors (Lipinski definition) is 1. The van der Waals surface area contributed by atoms with Crippen molar-refractivity contribution in [3.8, 4) is 11.8 Å². The summed E-state index contributed by atoms with van der Waals surface area (Å²) >= 11 is 3.23. The van der Waals surface area contributed by atoms with Gasteiger partial charge >= 0.3 is 0 Å². The lowest BCUT2D eigenvalue weighted by atomic mass is 10.3. The second kappa shape index (κ2) is 4.91. The van der Waals surface area contributed by atoms with Gasteiger partial charge < -0.3 is 5.11 Å². The molecule has 3 heteroatoms. The Labute approximate surface area is 79.8 Å². The Morgan fingerprint density at radius 2 is 2.33 bits per heavy atom. The lowest BCUT2D eigenvalue weighted by Crippen LogP contribution is -1.79. The average Bonchev–Trinajstić information content (AvgIpc) is 2.09. The van der Waals surface area contributed by atoms with Crippen LogP contribution in [0.1, 0.15) is 12.0 Å². The number of aliphatic hydroxyl groups excluding tert-OH is 1. The molecule has 0 radical (unpaired) electrons. The lowest BCUT2D eigenvalue weighted by molar-refractivity contribution is 0.305. The van der Waals surface area contributed by atoms with Gasteiger partial charge in [-0.1, -0.05) is 11.8 Å². The predicted octanol–water partition coefficient (Wildman–Crippen LogP) is 1.58. The van der Waals surface area contributed by atoms with Gasteiger partial charge in [0.25, 0.3) is 0 Å². The van der Waals surface area contributed by atoms with E-state index in [1.54, 1.807) is 6.20 Å². The van der Waals surface area contributed by atoms with Crippen LogP contribution < -0.4 is 0 Å². The summed E-state index contributed by atoms with van der Waals surface area (Å²) in [5, 5.41) is 8.46. The van der Waals surface area contributed by atoms with Crippen LogP contribution in [-0.2, 0) is 0 Å². The Balaban J connectivity index is 2.66. The highest BCUT2D eigenvalue weighted by molar-refractivity contribution is 9.10. The topological polar surface area (TPSA) is 33.1 Å². The minimum Gasteiger partial charge on any atom is -0.395 e. The summed E-state index contributed by atoms with van der Waals surface area (Å²) in [5.41, 5.74) is 0.867. The summed E-state index contributed by atoms with van der Waals surface area (Å²) in [6.07, 6.45) is 2.20. The molecule has 1 rings (SSSR count). The predicted molar refractivity (Wildman–Crippen MR) is 50.5 cm³/mol. The first kappa shape index (κ1) is 9.24. The Morgan fingerprint density at radius 1 is 1.50 bits per heavy atom. The van der Waals surface area contributed by atoms with Crippen molar-refractivity contribution in [2.75, 3.05) is 6.61 Å². The van der Waals surface area contributed by atoms with Gasteiger partial charge in [-0.05, 0) is 28.1 Å². The fourth-order valence-electron chi connectivity index (χ4n) is 0.670. The molecule has 0 atom stereocenters. The zero-order valence-corrected chi connectivity index (χ0v) is 8.00. The van der Waals surface area contributed by atoms with E-state index in [9.17, 15) is 0 Å². The van der Waals surface area contributed by atoms with Crippen LogP contribution in [0.5, 0.6) is 0 Å². The van der Waals surface area contributed by atoms with Crippen molar-refractivity contribution in [2.24, 2.45) is 0 Å². The average molecular weight is 226 g/mol. The minimum absolute atomic E-state index is 0.108. The highest BCUT2D eigenvalue weighted by Gasteiger charge is 1.87. The van der Waals surface area contributed by atoms with Crippen LogP contribution in [0.25, 0.3) is 0 Å². The summed E-state index contributed by atoms with van der Waals surface area (Å²) in [4.78, 5) is 4.01. The molecule has 1 heterocycles. The van der Waals surface area contributed by atoms with E-state index in [0.29, 0.717) is 6.42 Å². The fourth-order valence-corrected chi connectivity index (χ4v) is 0.905. The summed E-state index contributed by atoms with van der Waals surface area (Å²) in [5.74, 6) is 5.69. The van der Waals surface area contributed by atoms with Crippen LogP contribution in [0.3, 0.4) is 0 Å². The maximum Gasteiger partial charge on any atom is 0.106 e. The molecule has 12 heavy (non-hydrogen) atoms. The quantitative estimate of drug-likeness (QED) is 0.582. The normalized spacial score (nSPS) is 8.83. The molecule has 0 fully saturated rings. The summed E-state index contributed by atoms with van der Waals surface area (Å²) in [7, 11) is 0. The highest BCUT2D eigenvalue weighted by atomic mass is 79.9. The van der Waals surface area contributed by atoms with Gasteiger partial charge in [-0.2, -0.15) is 0 Å². The number of halogens is 1. The van der Waals surface area contributed by atoms with E-state index in [-0.39, 0.29) is 6.61 Å². The van der Waals surface area contributed by atoms with Crippen LogP contribution >= 0.6 is 15.9 Å². The number of nitrogens with zero attached hydrogens (tertiary/aromatic N) is 1. The van der Waals surface area contributed by atoms with E-state index in [2.05, 4.69) is 32.8 Å². The van der Waals surface area contributed by atoms with E-state index in [1.165, 1.54) is 0 Å². The minimum atomic E-state index is 0.108. The van der Waals surface area contributed by atoms with E-state index in [0.717, 1.165) is 10.2 Å². The Bertz CT molecular complexity index is 297. The Morgan fingerprint density at radius 3 is 2.92 bits per heavy atom. The summed E-state index contributed by atoms with van der Waals surface area (Å²) in [6.45, 7) is 0.108. The van der Waals surface area contributed by atoms with Crippen LogP contribution in [-0.4, -0.2) is 16.7 Å². The zero-order valence-electron chi connectivity index (χ0n) is 6.42. The molecule has 62 valence electrons. The number of aliphatic hydroxyl groups is 1. The van der Waals surface area contributed by atoms with E-state index >= 15 is 0 Å². The van der Waals surface area contributed by atoms with Crippen molar-refractivity contribution in [2.45, 2.75) is 6.42 Å². The van der Waals surface area contributed by atoms with E-state index < -0.39 is 0 Å². The molecule has 0 aliphatic rings. The smallest absolute Gasteiger partial charge is 0.106 e. The first-order valence-corrected chi connectivity index (χ1v) is 4.33. The summed E-state index contributed by atoms with van der Waals surface area (Å²) in [6, 6.07) is 3.71. The van der Waals surface area contributed by atoms with Crippen molar-refractivity contribution >= 4 is 15.9 Å². The highest BCUT2D eigenvalue weighted by Crippen LogP contribution is 2.04. The number of aromatic nitrogens is 1. The molecular formula is C9H8BrNO. The molecule has 0 saturated carbocycles. The molecule has 0 saturated heterocycles. The van der Waals surface area contributed by atoms with E-state index in [1.807, 2.05) is 12.1 Å². The third-order valence-corrected chi connectivity index (χ3v) is 1.67. The van der Waals surface area contributed by atoms with Crippen LogP contribution in [0, 0.1) is 11.8 Å². The molecule has 0 amide bonds. The second-order valence-corrected chi connectivity index (χ2v) is 2.96. The van der Waals surface area contributed by atoms with Gasteiger partial charge in [0.2, 0.25) is 0 Å². The summed E-state index contributed by atoms with van der Waals surface area (Å²) < 4.78 is 0.801. The maximum absolute atomic E-state index is 8.46. The maximum atomic E-state index is 8.46. The molecule has 0 bridgehead atoms. The molecule has 0 aliphatic carbocycles. The van der Waals surface area contributed by atoms with E-state index in [4.69, 9.17) is 5.11 Å². The third-order valence-electron chi connectivity index (χ3n) is 1.20. The molecular weight excluding hydrogens is 218 g/mol. The third kappa shape index (κ3) is 3.04. The standard InChI is InChI=1S/C9H8BrNO/c10-9-5-4-8(7-11-9)3-1-2-6-12/h4-5,7,12H,2,6H2. The second-order valence-electron chi connectivity index (χ2n) is 2.14. The molecule has 1 aromatic rings. The molecule has 2 nitrogen and oxygen atoms in total. The van der Waals surface area contributed by atoms with Crippen molar-refractivity contribution in [1.82, 2.24) is 4.98 Å². The zero-order chi connectivity index (χ0) is 8.81. The largest absolute Gasteiger partial charge is 0.395 e. The first-order valence-electron chi connectivity index (χ1n) is 3.54. The molecule has 0 aromatic carbocycles. The molecule has 0 spiro atoms. The van der Waals surface area contributed by atoms with Gasteiger partial charge in [0.1, 0.15) is 4.60 Å². The Hall–Kier alpha value is -0.850. The van der Waals surface area contributed by atoms with Crippen molar-refractivity contribution in [1.29, 1.82) is 0 Å². The molecule has 0 aliphatic heterocycles. The number of hydrogen-bond acceptors (Lipinski definition) is 2. The fraction of sp³-hybridized carbons (Fsp3) is 0.222. The molecule has 1 aromatic heterocycles. The van der Waals surface area contributed by atoms with Gasteiger partial charge in [-0.3, -0.25) is 0 Å². The van der Waals surface area contributed by atoms with Gasteiger partial charge in [-0.25, -0.2) is 4.98 Å². The van der Waals surface area contributed by atoms with Gasteiger partial charge in [0.05, 0.1) is 6.61 Å². The van der Waals surface area contributed by atoms with Gasteiger partial charge in [0, 0.05) is 18.2 Å². The van der Waals surface area contributed by atoms with Crippen molar-refractivity contribution in [3.05, 3.63) is 28.5 Å². The number of pyridine rings is 1. The Kier molecular flexibility index (Phi) is 3.78. The van der Waals surface area contributed by atoms with Crippen molar-refractivity contribution in [3.63, 3.8) is 0 Å². The molecule has 1 N–H and O–H groups in total. The van der Waals surface area contributed by atoms with Crippen LogP contribution in [0.4, 0.5) is 0 Å². The molecule has 0 unspecified atom stereocenters. The number of rotatable bonds is 1. The van der Waals surface area contributed by atoms with Crippen LogP contribution in [0.15, 0.2) is 22.9 Å². The van der Waals surface area contributed by atoms with Gasteiger partial charge in [-0.15, -0.1) is 0 Å². The first-order chi connectivity index (χ1) is 5.83. The van der Waals surface area contributed by atoms with Gasteiger partial charge in [0.15, 0.2) is 0 Å². The van der Waals surface area contributed by atoms with Crippen molar-refractivity contribution < 1.29 is 5.11 Å². The monoisotopic (exact) mass is 225 g/mol. The van der Waals surface area contributed by atoms with Crippen LogP contribution in [0.2, 0.25) is 0 Å².